The fraction of sp³-hybridized carbons (Fsp3) is 0.636. The van der Waals surface area contributed by atoms with Gasteiger partial charge in [0.15, 0.2) is 0 Å². The Kier molecular flexibility index (Phi) is 4.49. The van der Waals surface area contributed by atoms with Crippen LogP contribution in [0.2, 0.25) is 0 Å². The Balaban J connectivity index is 2.70. The van der Waals surface area contributed by atoms with Gasteiger partial charge in [-0.3, -0.25) is 0 Å². The van der Waals surface area contributed by atoms with Crippen LogP contribution in [0.15, 0.2) is 12.4 Å². The molecule has 0 spiro atoms. The molecule has 0 amide bonds. The lowest BCUT2D eigenvalue weighted by molar-refractivity contribution is 0.249. The summed E-state index contributed by atoms with van der Waals surface area (Å²) in [7, 11) is 0. The van der Waals surface area contributed by atoms with Crippen molar-refractivity contribution in [2.75, 3.05) is 11.9 Å². The summed E-state index contributed by atoms with van der Waals surface area (Å²) in [5, 5.41) is 12.4. The maximum atomic E-state index is 9.18. The lowest BCUT2D eigenvalue weighted by atomic mass is 10.1. The van der Waals surface area contributed by atoms with Crippen LogP contribution in [0.25, 0.3) is 0 Å². The third kappa shape index (κ3) is 3.47. The van der Waals surface area contributed by atoms with E-state index in [2.05, 4.69) is 36.1 Å². The Morgan fingerprint density at radius 3 is 2.67 bits per heavy atom. The second-order valence-corrected chi connectivity index (χ2v) is 3.93. The molecule has 4 heteroatoms. The van der Waals surface area contributed by atoms with Crippen molar-refractivity contribution < 1.29 is 5.11 Å². The van der Waals surface area contributed by atoms with Crippen LogP contribution in [0, 0.1) is 5.92 Å². The number of aliphatic hydroxyl groups excluding tert-OH is 1. The number of nitrogens with zero attached hydrogens (tertiary/aromatic N) is 2. The van der Waals surface area contributed by atoms with Crippen LogP contribution in [-0.2, 0) is 6.42 Å². The van der Waals surface area contributed by atoms with Crippen molar-refractivity contribution in [3.05, 3.63) is 18.1 Å². The maximum absolute atomic E-state index is 9.18. The molecule has 1 aromatic heterocycles. The fourth-order valence-corrected chi connectivity index (χ4v) is 1.28. The molecule has 0 aliphatic carbocycles. The molecular weight excluding hydrogens is 190 g/mol. The van der Waals surface area contributed by atoms with Crippen LogP contribution >= 0.6 is 0 Å². The minimum atomic E-state index is 0.0459. The summed E-state index contributed by atoms with van der Waals surface area (Å²) in [5.74, 6) is 1.16. The van der Waals surface area contributed by atoms with Crippen molar-refractivity contribution in [1.82, 2.24) is 9.97 Å². The summed E-state index contributed by atoms with van der Waals surface area (Å²) in [4.78, 5) is 8.25. The topological polar surface area (TPSA) is 58.0 Å². The van der Waals surface area contributed by atoms with Gasteiger partial charge in [0.05, 0.1) is 12.6 Å². The number of aliphatic hydroxyl groups is 1. The highest BCUT2D eigenvalue weighted by Crippen LogP contribution is 2.10. The maximum Gasteiger partial charge on any atom is 0.129 e. The van der Waals surface area contributed by atoms with Crippen LogP contribution in [0.5, 0.6) is 0 Å². The first kappa shape index (κ1) is 11.9. The van der Waals surface area contributed by atoms with Crippen LogP contribution in [0.3, 0.4) is 0 Å². The number of aryl methyl sites for hydroxylation is 1. The normalized spacial score (nSPS) is 12.9. The molecule has 0 aromatic carbocycles. The van der Waals surface area contributed by atoms with Crippen LogP contribution in [0.1, 0.15) is 26.5 Å². The van der Waals surface area contributed by atoms with Crippen molar-refractivity contribution in [1.29, 1.82) is 0 Å². The van der Waals surface area contributed by atoms with Crippen molar-refractivity contribution in [2.45, 2.75) is 33.2 Å². The second-order valence-electron chi connectivity index (χ2n) is 3.93. The van der Waals surface area contributed by atoms with Crippen molar-refractivity contribution in [3.8, 4) is 0 Å². The molecule has 0 unspecified atom stereocenters. The molecule has 0 fully saturated rings. The zero-order chi connectivity index (χ0) is 11.3. The molecule has 0 aliphatic rings. The van der Waals surface area contributed by atoms with Gasteiger partial charge in [-0.25, -0.2) is 9.97 Å². The van der Waals surface area contributed by atoms with E-state index in [9.17, 15) is 5.11 Å². The number of aromatic nitrogens is 2. The van der Waals surface area contributed by atoms with Gasteiger partial charge in [0.1, 0.15) is 12.1 Å². The van der Waals surface area contributed by atoms with Gasteiger partial charge in [-0.2, -0.15) is 0 Å². The van der Waals surface area contributed by atoms with Crippen LogP contribution < -0.4 is 5.32 Å². The fourth-order valence-electron chi connectivity index (χ4n) is 1.28. The van der Waals surface area contributed by atoms with E-state index >= 15 is 0 Å². The third-order valence-corrected chi connectivity index (χ3v) is 2.42. The minimum absolute atomic E-state index is 0.0459. The quantitative estimate of drug-likeness (QED) is 0.771. The second kappa shape index (κ2) is 5.66. The van der Waals surface area contributed by atoms with Gasteiger partial charge < -0.3 is 10.4 Å². The molecule has 0 aliphatic heterocycles. The Morgan fingerprint density at radius 2 is 2.13 bits per heavy atom. The molecule has 1 atom stereocenters. The SMILES string of the molecule is CCc1cc(N[C@H](CO)C(C)C)ncn1. The van der Waals surface area contributed by atoms with E-state index in [0.717, 1.165) is 17.9 Å². The Hall–Kier alpha value is -1.16. The Labute approximate surface area is 90.8 Å². The molecule has 15 heavy (non-hydrogen) atoms. The largest absolute Gasteiger partial charge is 0.394 e. The first-order valence-electron chi connectivity index (χ1n) is 5.35. The standard InChI is InChI=1S/C11H19N3O/c1-4-9-5-11(13-7-12-9)14-10(6-15)8(2)3/h5,7-8,10,15H,4,6H2,1-3H3,(H,12,13,14)/t10-/m1/s1. The first-order valence-corrected chi connectivity index (χ1v) is 5.35. The molecule has 84 valence electrons. The van der Waals surface area contributed by atoms with Gasteiger partial charge in [-0.15, -0.1) is 0 Å². The summed E-state index contributed by atoms with van der Waals surface area (Å²) in [6.07, 6.45) is 2.44. The zero-order valence-electron chi connectivity index (χ0n) is 9.57. The Bertz CT molecular complexity index is 302. The van der Waals surface area contributed by atoms with E-state index in [0.29, 0.717) is 5.92 Å². The van der Waals surface area contributed by atoms with E-state index in [1.807, 2.05) is 6.07 Å². The molecule has 0 saturated heterocycles. The van der Waals surface area contributed by atoms with E-state index in [-0.39, 0.29) is 12.6 Å². The van der Waals surface area contributed by atoms with Crippen LogP contribution in [-0.4, -0.2) is 27.7 Å². The molecule has 1 aromatic rings. The molecule has 2 N–H and O–H groups in total. The van der Waals surface area contributed by atoms with E-state index in [4.69, 9.17) is 0 Å². The van der Waals surface area contributed by atoms with Gasteiger partial charge in [0.2, 0.25) is 0 Å². The number of anilines is 1. The minimum Gasteiger partial charge on any atom is -0.394 e. The molecule has 1 heterocycles. The average Bonchev–Trinajstić information content (AvgIpc) is 2.25. The molecule has 0 radical (unpaired) electrons. The van der Waals surface area contributed by atoms with Crippen molar-refractivity contribution in [3.63, 3.8) is 0 Å². The third-order valence-electron chi connectivity index (χ3n) is 2.42. The van der Waals surface area contributed by atoms with Gasteiger partial charge in [-0.05, 0) is 12.3 Å². The highest BCUT2D eigenvalue weighted by atomic mass is 16.3. The van der Waals surface area contributed by atoms with Crippen molar-refractivity contribution in [2.24, 2.45) is 5.92 Å². The summed E-state index contributed by atoms with van der Waals surface area (Å²) in [6.45, 7) is 6.30. The first-order chi connectivity index (χ1) is 7.17. The van der Waals surface area contributed by atoms with Gasteiger partial charge >= 0.3 is 0 Å². The molecular formula is C11H19N3O. The Morgan fingerprint density at radius 1 is 1.40 bits per heavy atom. The molecule has 0 saturated carbocycles. The lowest BCUT2D eigenvalue weighted by Crippen LogP contribution is -2.29. The van der Waals surface area contributed by atoms with E-state index in [1.54, 1.807) is 6.33 Å². The summed E-state index contributed by atoms with van der Waals surface area (Å²) >= 11 is 0. The summed E-state index contributed by atoms with van der Waals surface area (Å²) < 4.78 is 0. The molecule has 0 bridgehead atoms. The number of hydrogen-bond donors (Lipinski definition) is 2. The van der Waals surface area contributed by atoms with Crippen LogP contribution in [0.4, 0.5) is 5.82 Å². The summed E-state index contributed by atoms with van der Waals surface area (Å²) in [6, 6.07) is 1.97. The van der Waals surface area contributed by atoms with E-state index in [1.165, 1.54) is 0 Å². The molecule has 1 rings (SSSR count). The molecule has 4 nitrogen and oxygen atoms in total. The van der Waals surface area contributed by atoms with Gasteiger partial charge in [-0.1, -0.05) is 20.8 Å². The number of rotatable bonds is 5. The highest BCUT2D eigenvalue weighted by Gasteiger charge is 2.12. The summed E-state index contributed by atoms with van der Waals surface area (Å²) in [5.41, 5.74) is 1.01. The predicted molar refractivity (Wildman–Crippen MR) is 60.7 cm³/mol. The van der Waals surface area contributed by atoms with E-state index < -0.39 is 0 Å². The smallest absolute Gasteiger partial charge is 0.129 e. The van der Waals surface area contributed by atoms with Gasteiger partial charge in [0.25, 0.3) is 0 Å². The van der Waals surface area contributed by atoms with Gasteiger partial charge in [0, 0.05) is 11.8 Å². The highest BCUT2D eigenvalue weighted by molar-refractivity contribution is 5.36. The monoisotopic (exact) mass is 209 g/mol. The average molecular weight is 209 g/mol. The number of hydrogen-bond acceptors (Lipinski definition) is 4. The predicted octanol–water partition coefficient (Wildman–Crippen LogP) is 1.47. The van der Waals surface area contributed by atoms with Crippen molar-refractivity contribution >= 4 is 5.82 Å². The number of nitrogens with one attached hydrogen (secondary N) is 1. The lowest BCUT2D eigenvalue weighted by Gasteiger charge is -2.20. The zero-order valence-corrected chi connectivity index (χ0v) is 9.57.